The van der Waals surface area contributed by atoms with Gasteiger partial charge in [-0.2, -0.15) is 0 Å². The lowest BCUT2D eigenvalue weighted by Crippen LogP contribution is -2.08. The highest BCUT2D eigenvalue weighted by Gasteiger charge is 2.06. The van der Waals surface area contributed by atoms with Crippen molar-refractivity contribution in [3.8, 4) is 0 Å². The number of nitrogens with one attached hydrogen (secondary N) is 1. The molecule has 0 spiro atoms. The first-order valence-corrected chi connectivity index (χ1v) is 6.24. The van der Waals surface area contributed by atoms with E-state index in [4.69, 9.17) is 16.3 Å². The second-order valence-electron chi connectivity index (χ2n) is 3.89. The molecular weight excluding hydrogens is 250 g/mol. The molecule has 18 heavy (non-hydrogen) atoms. The SMILES string of the molecule is CC/C(=C/CNc1c(C)cccc1Cl)C(=O)OC. The maximum Gasteiger partial charge on any atom is 0.333 e. The molecule has 1 N–H and O–H groups in total. The van der Waals surface area contributed by atoms with Gasteiger partial charge in [-0.25, -0.2) is 4.79 Å². The minimum atomic E-state index is -0.282. The third-order valence-electron chi connectivity index (χ3n) is 2.68. The number of benzene rings is 1. The summed E-state index contributed by atoms with van der Waals surface area (Å²) in [6.07, 6.45) is 2.48. The molecule has 4 heteroatoms. The summed E-state index contributed by atoms with van der Waals surface area (Å²) in [5.41, 5.74) is 2.64. The number of carbonyl (C=O) groups excluding carboxylic acids is 1. The van der Waals surface area contributed by atoms with Gasteiger partial charge in [0.15, 0.2) is 0 Å². The molecule has 0 saturated heterocycles. The molecule has 0 unspecified atom stereocenters. The molecule has 0 aliphatic rings. The van der Waals surface area contributed by atoms with Crippen LogP contribution in [0.2, 0.25) is 5.02 Å². The van der Waals surface area contributed by atoms with E-state index in [1.165, 1.54) is 7.11 Å². The standard InChI is InChI=1S/C14H18ClNO2/c1-4-11(14(17)18-3)8-9-16-13-10(2)6-5-7-12(13)15/h5-8,16H,4,9H2,1-3H3/b11-8-. The molecule has 0 aliphatic heterocycles. The van der Waals surface area contributed by atoms with Crippen LogP contribution in [0.4, 0.5) is 5.69 Å². The van der Waals surface area contributed by atoms with Gasteiger partial charge in [0.1, 0.15) is 0 Å². The van der Waals surface area contributed by atoms with E-state index in [-0.39, 0.29) is 5.97 Å². The fourth-order valence-corrected chi connectivity index (χ4v) is 1.92. The largest absolute Gasteiger partial charge is 0.466 e. The Kier molecular flexibility index (Phi) is 5.72. The number of anilines is 1. The highest BCUT2D eigenvalue weighted by molar-refractivity contribution is 6.33. The molecule has 0 atom stereocenters. The van der Waals surface area contributed by atoms with Crippen LogP contribution in [0.25, 0.3) is 0 Å². The van der Waals surface area contributed by atoms with Gasteiger partial charge in [-0.3, -0.25) is 0 Å². The van der Waals surface area contributed by atoms with E-state index in [0.717, 1.165) is 11.3 Å². The molecule has 0 fully saturated rings. The fraction of sp³-hybridized carbons (Fsp3) is 0.357. The number of hydrogen-bond acceptors (Lipinski definition) is 3. The Balaban J connectivity index is 2.71. The topological polar surface area (TPSA) is 38.3 Å². The van der Waals surface area contributed by atoms with Crippen LogP contribution in [-0.4, -0.2) is 19.6 Å². The van der Waals surface area contributed by atoms with Crippen molar-refractivity contribution in [2.24, 2.45) is 0 Å². The number of methoxy groups -OCH3 is 1. The Morgan fingerprint density at radius 2 is 2.22 bits per heavy atom. The third-order valence-corrected chi connectivity index (χ3v) is 2.99. The summed E-state index contributed by atoms with van der Waals surface area (Å²) in [5, 5.41) is 3.89. The summed E-state index contributed by atoms with van der Waals surface area (Å²) in [5.74, 6) is -0.282. The first-order chi connectivity index (χ1) is 8.60. The predicted molar refractivity (Wildman–Crippen MR) is 75.1 cm³/mol. The van der Waals surface area contributed by atoms with Crippen LogP contribution in [0, 0.1) is 6.92 Å². The summed E-state index contributed by atoms with van der Waals surface area (Å²) >= 11 is 6.09. The van der Waals surface area contributed by atoms with Gasteiger partial charge in [-0.15, -0.1) is 0 Å². The lowest BCUT2D eigenvalue weighted by atomic mass is 10.2. The lowest BCUT2D eigenvalue weighted by Gasteiger charge is -2.10. The normalized spacial score (nSPS) is 11.2. The number of aryl methyl sites for hydroxylation is 1. The Hall–Kier alpha value is -1.48. The predicted octanol–water partition coefficient (Wildman–Crippen LogP) is 3.57. The van der Waals surface area contributed by atoms with Gasteiger partial charge in [-0.05, 0) is 25.0 Å². The summed E-state index contributed by atoms with van der Waals surface area (Å²) < 4.78 is 4.69. The average molecular weight is 268 g/mol. The van der Waals surface area contributed by atoms with E-state index in [1.54, 1.807) is 0 Å². The van der Waals surface area contributed by atoms with Crippen molar-refractivity contribution < 1.29 is 9.53 Å². The minimum absolute atomic E-state index is 0.282. The minimum Gasteiger partial charge on any atom is -0.466 e. The molecule has 0 saturated carbocycles. The quantitative estimate of drug-likeness (QED) is 0.655. The summed E-state index contributed by atoms with van der Waals surface area (Å²) in [6, 6.07) is 5.73. The average Bonchev–Trinajstić information content (AvgIpc) is 2.37. The maximum absolute atomic E-state index is 11.4. The Morgan fingerprint density at radius 3 is 2.78 bits per heavy atom. The molecule has 0 radical (unpaired) electrons. The van der Waals surface area contributed by atoms with Crippen molar-refractivity contribution in [3.63, 3.8) is 0 Å². The number of halogens is 1. The first-order valence-electron chi connectivity index (χ1n) is 5.86. The van der Waals surface area contributed by atoms with E-state index in [2.05, 4.69) is 5.32 Å². The van der Waals surface area contributed by atoms with E-state index < -0.39 is 0 Å². The Morgan fingerprint density at radius 1 is 1.50 bits per heavy atom. The van der Waals surface area contributed by atoms with Crippen LogP contribution in [-0.2, 0) is 9.53 Å². The van der Waals surface area contributed by atoms with Crippen LogP contribution in [0.1, 0.15) is 18.9 Å². The number of esters is 1. The van der Waals surface area contributed by atoms with Gasteiger partial charge in [0.2, 0.25) is 0 Å². The molecular formula is C14H18ClNO2. The number of carbonyl (C=O) groups is 1. The van der Waals surface area contributed by atoms with E-state index in [9.17, 15) is 4.79 Å². The maximum atomic E-state index is 11.4. The van der Waals surface area contributed by atoms with Gasteiger partial charge in [0.05, 0.1) is 17.8 Å². The molecule has 0 bridgehead atoms. The zero-order valence-electron chi connectivity index (χ0n) is 10.9. The molecule has 1 aromatic rings. The van der Waals surface area contributed by atoms with Crippen LogP contribution >= 0.6 is 11.6 Å². The second-order valence-corrected chi connectivity index (χ2v) is 4.29. The summed E-state index contributed by atoms with van der Waals surface area (Å²) in [7, 11) is 1.39. The molecule has 1 aromatic carbocycles. The molecule has 0 heterocycles. The van der Waals surface area contributed by atoms with Crippen molar-refractivity contribution in [2.45, 2.75) is 20.3 Å². The molecule has 3 nitrogen and oxygen atoms in total. The summed E-state index contributed by atoms with van der Waals surface area (Å²) in [6.45, 7) is 4.45. The number of para-hydroxylation sites is 1. The second kappa shape index (κ2) is 7.07. The molecule has 0 amide bonds. The summed E-state index contributed by atoms with van der Waals surface area (Å²) in [4.78, 5) is 11.4. The van der Waals surface area contributed by atoms with E-state index >= 15 is 0 Å². The van der Waals surface area contributed by atoms with Crippen molar-refractivity contribution in [3.05, 3.63) is 40.4 Å². The monoisotopic (exact) mass is 267 g/mol. The molecule has 1 rings (SSSR count). The molecule has 0 aromatic heterocycles. The lowest BCUT2D eigenvalue weighted by molar-refractivity contribution is -0.136. The van der Waals surface area contributed by atoms with Crippen LogP contribution < -0.4 is 5.32 Å². The van der Waals surface area contributed by atoms with Gasteiger partial charge < -0.3 is 10.1 Å². The van der Waals surface area contributed by atoms with Crippen molar-refractivity contribution >= 4 is 23.3 Å². The van der Waals surface area contributed by atoms with Crippen molar-refractivity contribution in [1.82, 2.24) is 0 Å². The first kappa shape index (κ1) is 14.6. The van der Waals surface area contributed by atoms with Crippen molar-refractivity contribution in [2.75, 3.05) is 19.0 Å². The zero-order chi connectivity index (χ0) is 13.5. The van der Waals surface area contributed by atoms with Gasteiger partial charge >= 0.3 is 5.97 Å². The number of rotatable bonds is 5. The van der Waals surface area contributed by atoms with Gasteiger partial charge in [0.25, 0.3) is 0 Å². The van der Waals surface area contributed by atoms with Gasteiger partial charge in [0, 0.05) is 12.1 Å². The van der Waals surface area contributed by atoms with Crippen LogP contribution in [0.15, 0.2) is 29.8 Å². The highest BCUT2D eigenvalue weighted by atomic mass is 35.5. The van der Waals surface area contributed by atoms with Gasteiger partial charge in [-0.1, -0.05) is 36.7 Å². The van der Waals surface area contributed by atoms with E-state index in [0.29, 0.717) is 23.6 Å². The smallest absolute Gasteiger partial charge is 0.333 e. The zero-order valence-corrected chi connectivity index (χ0v) is 11.7. The number of hydrogen-bond donors (Lipinski definition) is 1. The molecule has 98 valence electrons. The Bertz CT molecular complexity index is 435. The number of ether oxygens (including phenoxy) is 1. The highest BCUT2D eigenvalue weighted by Crippen LogP contribution is 2.24. The third kappa shape index (κ3) is 3.77. The molecule has 0 aliphatic carbocycles. The Labute approximate surface area is 113 Å². The van der Waals surface area contributed by atoms with Crippen LogP contribution in [0.5, 0.6) is 0 Å². The van der Waals surface area contributed by atoms with Crippen LogP contribution in [0.3, 0.4) is 0 Å². The van der Waals surface area contributed by atoms with Crippen molar-refractivity contribution in [1.29, 1.82) is 0 Å². The fourth-order valence-electron chi connectivity index (χ4n) is 1.64. The van der Waals surface area contributed by atoms with E-state index in [1.807, 2.05) is 38.1 Å².